The van der Waals surface area contributed by atoms with Gasteiger partial charge in [0.1, 0.15) is 0 Å². The van der Waals surface area contributed by atoms with Crippen molar-refractivity contribution in [2.45, 2.75) is 32.6 Å². The van der Waals surface area contributed by atoms with E-state index in [4.69, 9.17) is 0 Å². The maximum absolute atomic E-state index is 2.58. The Balaban J connectivity index is 1.60. The molecule has 0 N–H and O–H groups in total. The standard InChI is InChI=1S/C16H20/c1-2-6-14-15-10-13(11-16(14)15)9-12-7-4-3-5-8-12/h3-5,7-8,10,14-16H,2,6,9,11H2,1H3/t14-,15-,16+/m1/s1. The van der Waals surface area contributed by atoms with Crippen LogP contribution in [-0.4, -0.2) is 0 Å². The SMILES string of the molecule is CCC[C@@H]1[C@H]2C=C(Cc3ccccc3)C[C@H]21. The molecule has 2 aliphatic carbocycles. The van der Waals surface area contributed by atoms with Gasteiger partial charge in [0.25, 0.3) is 0 Å². The van der Waals surface area contributed by atoms with Crippen LogP contribution in [0.4, 0.5) is 0 Å². The van der Waals surface area contributed by atoms with Crippen molar-refractivity contribution in [3.63, 3.8) is 0 Å². The van der Waals surface area contributed by atoms with Gasteiger partial charge in [-0.2, -0.15) is 0 Å². The molecule has 0 aliphatic heterocycles. The fourth-order valence-electron chi connectivity index (χ4n) is 3.38. The highest BCUT2D eigenvalue weighted by Gasteiger charge is 2.50. The maximum atomic E-state index is 2.58. The minimum absolute atomic E-state index is 0.957. The molecule has 1 fully saturated rings. The van der Waals surface area contributed by atoms with Crippen LogP contribution in [0.15, 0.2) is 42.0 Å². The maximum Gasteiger partial charge on any atom is -0.00669 e. The van der Waals surface area contributed by atoms with Gasteiger partial charge in [0.15, 0.2) is 0 Å². The monoisotopic (exact) mass is 212 g/mol. The zero-order valence-electron chi connectivity index (χ0n) is 10.0. The number of fused-ring (bicyclic) bond motifs is 1. The van der Waals surface area contributed by atoms with Crippen molar-refractivity contribution >= 4 is 0 Å². The summed E-state index contributed by atoms with van der Waals surface area (Å²) in [7, 11) is 0. The van der Waals surface area contributed by atoms with Crippen molar-refractivity contribution in [2.75, 3.05) is 0 Å². The molecule has 0 radical (unpaired) electrons. The Morgan fingerprint density at radius 2 is 2.00 bits per heavy atom. The number of benzene rings is 1. The Morgan fingerprint density at radius 1 is 1.19 bits per heavy atom. The summed E-state index contributed by atoms with van der Waals surface area (Å²) in [5.41, 5.74) is 3.16. The summed E-state index contributed by atoms with van der Waals surface area (Å²) in [6, 6.07) is 10.9. The Labute approximate surface area is 98.4 Å². The predicted molar refractivity (Wildman–Crippen MR) is 68.2 cm³/mol. The van der Waals surface area contributed by atoms with Gasteiger partial charge in [0, 0.05) is 0 Å². The molecular weight excluding hydrogens is 192 g/mol. The van der Waals surface area contributed by atoms with E-state index >= 15 is 0 Å². The minimum Gasteiger partial charge on any atom is -0.0813 e. The molecule has 3 atom stereocenters. The van der Waals surface area contributed by atoms with Crippen molar-refractivity contribution in [3.8, 4) is 0 Å². The van der Waals surface area contributed by atoms with Crippen LogP contribution >= 0.6 is 0 Å². The highest BCUT2D eigenvalue weighted by atomic mass is 14.5. The van der Waals surface area contributed by atoms with E-state index in [2.05, 4.69) is 43.3 Å². The van der Waals surface area contributed by atoms with Crippen molar-refractivity contribution < 1.29 is 0 Å². The average Bonchev–Trinajstić information content (AvgIpc) is 2.76. The Hall–Kier alpha value is -1.04. The largest absolute Gasteiger partial charge is 0.0813 e. The third-order valence-corrected chi connectivity index (χ3v) is 4.22. The molecule has 0 saturated heterocycles. The highest BCUT2D eigenvalue weighted by molar-refractivity contribution is 5.30. The van der Waals surface area contributed by atoms with E-state index in [1.807, 2.05) is 0 Å². The first-order valence-corrected chi connectivity index (χ1v) is 6.62. The highest BCUT2D eigenvalue weighted by Crippen LogP contribution is 2.58. The number of allylic oxidation sites excluding steroid dienone is 2. The number of hydrogen-bond acceptors (Lipinski definition) is 0. The van der Waals surface area contributed by atoms with Gasteiger partial charge >= 0.3 is 0 Å². The molecule has 2 aliphatic rings. The second kappa shape index (κ2) is 4.08. The van der Waals surface area contributed by atoms with Crippen LogP contribution in [0.3, 0.4) is 0 Å². The van der Waals surface area contributed by atoms with Crippen LogP contribution < -0.4 is 0 Å². The second-order valence-corrected chi connectivity index (χ2v) is 5.39. The van der Waals surface area contributed by atoms with Crippen molar-refractivity contribution in [2.24, 2.45) is 17.8 Å². The fourth-order valence-corrected chi connectivity index (χ4v) is 3.38. The molecule has 0 aromatic heterocycles. The first-order valence-electron chi connectivity index (χ1n) is 6.62. The molecule has 84 valence electrons. The lowest BCUT2D eigenvalue weighted by Gasteiger charge is -2.06. The molecule has 1 aromatic rings. The molecule has 1 aromatic carbocycles. The van der Waals surface area contributed by atoms with Gasteiger partial charge in [-0.05, 0) is 42.6 Å². The molecule has 0 spiro atoms. The third kappa shape index (κ3) is 1.81. The van der Waals surface area contributed by atoms with Gasteiger partial charge in [-0.3, -0.25) is 0 Å². The molecule has 0 unspecified atom stereocenters. The molecule has 16 heavy (non-hydrogen) atoms. The Bertz CT molecular complexity index is 388. The molecule has 0 nitrogen and oxygen atoms in total. The van der Waals surface area contributed by atoms with Crippen LogP contribution in [0.5, 0.6) is 0 Å². The number of hydrogen-bond donors (Lipinski definition) is 0. The van der Waals surface area contributed by atoms with Crippen LogP contribution in [0, 0.1) is 17.8 Å². The van der Waals surface area contributed by atoms with Gasteiger partial charge < -0.3 is 0 Å². The fraction of sp³-hybridized carbons (Fsp3) is 0.500. The van der Waals surface area contributed by atoms with E-state index in [-0.39, 0.29) is 0 Å². The first-order chi connectivity index (χ1) is 7.88. The minimum atomic E-state index is 0.957. The first kappa shape index (κ1) is 10.1. The summed E-state index contributed by atoms with van der Waals surface area (Å²) < 4.78 is 0. The molecule has 0 heteroatoms. The lowest BCUT2D eigenvalue weighted by atomic mass is 10.00. The average molecular weight is 212 g/mol. The molecular formula is C16H20. The van der Waals surface area contributed by atoms with Gasteiger partial charge in [-0.25, -0.2) is 0 Å². The van der Waals surface area contributed by atoms with Crippen molar-refractivity contribution in [3.05, 3.63) is 47.5 Å². The van der Waals surface area contributed by atoms with Gasteiger partial charge in [0.05, 0.1) is 0 Å². The second-order valence-electron chi connectivity index (χ2n) is 5.39. The van der Waals surface area contributed by atoms with Crippen molar-refractivity contribution in [1.82, 2.24) is 0 Å². The van der Waals surface area contributed by atoms with E-state index in [9.17, 15) is 0 Å². The summed E-state index contributed by atoms with van der Waals surface area (Å²) in [4.78, 5) is 0. The van der Waals surface area contributed by atoms with Crippen LogP contribution in [0.1, 0.15) is 31.7 Å². The van der Waals surface area contributed by atoms with Gasteiger partial charge in [0.2, 0.25) is 0 Å². The summed E-state index contributed by atoms with van der Waals surface area (Å²) in [6.07, 6.45) is 7.96. The summed E-state index contributed by atoms with van der Waals surface area (Å²) in [5.74, 6) is 3.03. The summed E-state index contributed by atoms with van der Waals surface area (Å²) in [5, 5.41) is 0. The molecule has 0 heterocycles. The molecule has 0 bridgehead atoms. The lowest BCUT2D eigenvalue weighted by molar-refractivity contribution is 0.616. The van der Waals surface area contributed by atoms with E-state index in [1.165, 1.54) is 31.2 Å². The van der Waals surface area contributed by atoms with Crippen molar-refractivity contribution in [1.29, 1.82) is 0 Å². The predicted octanol–water partition coefficient (Wildman–Crippen LogP) is 4.22. The third-order valence-electron chi connectivity index (χ3n) is 4.22. The van der Waals surface area contributed by atoms with E-state index in [0.717, 1.165) is 17.8 Å². The normalized spacial score (nSPS) is 31.1. The van der Waals surface area contributed by atoms with Gasteiger partial charge in [-0.1, -0.05) is 55.3 Å². The van der Waals surface area contributed by atoms with E-state index in [0.29, 0.717) is 0 Å². The van der Waals surface area contributed by atoms with Crippen LogP contribution in [-0.2, 0) is 6.42 Å². The smallest absolute Gasteiger partial charge is 0.00669 e. The van der Waals surface area contributed by atoms with Crippen LogP contribution in [0.2, 0.25) is 0 Å². The topological polar surface area (TPSA) is 0 Å². The Morgan fingerprint density at radius 3 is 2.62 bits per heavy atom. The summed E-state index contributed by atoms with van der Waals surface area (Å²) in [6.45, 7) is 2.31. The quantitative estimate of drug-likeness (QED) is 0.655. The van der Waals surface area contributed by atoms with Crippen LogP contribution in [0.25, 0.3) is 0 Å². The number of rotatable bonds is 4. The van der Waals surface area contributed by atoms with E-state index in [1.54, 1.807) is 5.57 Å². The molecule has 1 saturated carbocycles. The Kier molecular flexibility index (Phi) is 2.59. The van der Waals surface area contributed by atoms with E-state index < -0.39 is 0 Å². The zero-order valence-corrected chi connectivity index (χ0v) is 10.0. The molecule has 3 rings (SSSR count). The zero-order chi connectivity index (χ0) is 11.0. The van der Waals surface area contributed by atoms with Gasteiger partial charge in [-0.15, -0.1) is 0 Å². The summed E-state index contributed by atoms with van der Waals surface area (Å²) >= 11 is 0. The lowest BCUT2D eigenvalue weighted by Crippen LogP contribution is -1.93. The molecule has 0 amide bonds.